The van der Waals surface area contributed by atoms with E-state index in [2.05, 4.69) is 5.32 Å². The molecule has 0 aliphatic carbocycles. The number of urea groups is 1. The zero-order valence-corrected chi connectivity index (χ0v) is 10.7. The largest absolute Gasteiger partial charge is 0.378 e. The Morgan fingerprint density at radius 3 is 2.76 bits per heavy atom. The summed E-state index contributed by atoms with van der Waals surface area (Å²) in [4.78, 5) is 26.3. The van der Waals surface area contributed by atoms with Crippen molar-refractivity contribution in [2.45, 2.75) is 6.92 Å². The normalized spacial score (nSPS) is 20.9. The second-order valence-corrected chi connectivity index (χ2v) is 4.56. The van der Waals surface area contributed by atoms with Gasteiger partial charge in [-0.2, -0.15) is 0 Å². The van der Waals surface area contributed by atoms with Crippen molar-refractivity contribution in [3.63, 3.8) is 0 Å². The molecule has 1 N–H and O–H groups in total. The third kappa shape index (κ3) is 4.70. The Morgan fingerprint density at radius 2 is 2.12 bits per heavy atom. The van der Waals surface area contributed by atoms with Crippen molar-refractivity contribution in [3.05, 3.63) is 0 Å². The number of amides is 3. The van der Waals surface area contributed by atoms with Crippen LogP contribution in [0, 0.1) is 5.92 Å². The smallest absolute Gasteiger partial charge is 0.324 e. The van der Waals surface area contributed by atoms with Crippen molar-refractivity contribution in [3.8, 4) is 0 Å². The number of hydrogen-bond acceptors (Lipinski definition) is 4. The molecule has 1 aliphatic heterocycles. The molecule has 1 aliphatic rings. The van der Waals surface area contributed by atoms with Crippen molar-refractivity contribution in [1.29, 1.82) is 0 Å². The number of likely N-dealkylation sites (N-methyl/N-ethyl adjacent to an activating group) is 1. The average molecular weight is 243 g/mol. The molecule has 3 amide bonds. The number of rotatable bonds is 6. The molecule has 1 unspecified atom stereocenters. The maximum absolute atomic E-state index is 11.5. The van der Waals surface area contributed by atoms with Crippen molar-refractivity contribution in [1.82, 2.24) is 15.1 Å². The lowest BCUT2D eigenvalue weighted by Gasteiger charge is -2.30. The van der Waals surface area contributed by atoms with Gasteiger partial charge in [-0.25, -0.2) is 4.79 Å². The first-order valence-electron chi connectivity index (χ1n) is 5.83. The predicted molar refractivity (Wildman–Crippen MR) is 63.6 cm³/mol. The Balaban J connectivity index is 2.18. The maximum atomic E-state index is 11.5. The Bertz CT molecular complexity index is 281. The second-order valence-electron chi connectivity index (χ2n) is 4.56. The zero-order chi connectivity index (χ0) is 12.8. The molecular formula is C11H21N3O3. The fourth-order valence-electron chi connectivity index (χ4n) is 1.52. The Morgan fingerprint density at radius 1 is 1.41 bits per heavy atom. The summed E-state index contributed by atoms with van der Waals surface area (Å²) in [6, 6.07) is -0.315. The van der Waals surface area contributed by atoms with E-state index in [1.807, 2.05) is 25.9 Å². The number of nitrogens with one attached hydrogen (secondary N) is 1. The summed E-state index contributed by atoms with van der Waals surface area (Å²) in [6.07, 6.45) is 0. The van der Waals surface area contributed by atoms with Crippen molar-refractivity contribution >= 4 is 11.9 Å². The molecule has 0 aromatic rings. The van der Waals surface area contributed by atoms with Gasteiger partial charge in [0, 0.05) is 19.6 Å². The highest BCUT2D eigenvalue weighted by molar-refractivity contribution is 5.97. The van der Waals surface area contributed by atoms with Crippen LogP contribution in [0.1, 0.15) is 6.92 Å². The van der Waals surface area contributed by atoms with E-state index in [1.165, 1.54) is 0 Å². The van der Waals surface area contributed by atoms with Crippen LogP contribution in [0.4, 0.5) is 4.79 Å². The van der Waals surface area contributed by atoms with E-state index in [1.54, 1.807) is 4.90 Å². The summed E-state index contributed by atoms with van der Waals surface area (Å²) in [5, 5.41) is 2.32. The predicted octanol–water partition coefficient (Wildman–Crippen LogP) is -0.247. The van der Waals surface area contributed by atoms with E-state index in [-0.39, 0.29) is 17.9 Å². The van der Waals surface area contributed by atoms with Crippen LogP contribution in [-0.2, 0) is 9.53 Å². The van der Waals surface area contributed by atoms with Crippen LogP contribution in [0.3, 0.4) is 0 Å². The Kier molecular flexibility index (Phi) is 5.37. The van der Waals surface area contributed by atoms with Crippen LogP contribution < -0.4 is 5.32 Å². The van der Waals surface area contributed by atoms with Crippen molar-refractivity contribution in [2.24, 2.45) is 5.92 Å². The molecule has 98 valence electrons. The number of carbonyl (C=O) groups excluding carboxylic acids is 2. The van der Waals surface area contributed by atoms with E-state index in [9.17, 15) is 9.59 Å². The number of ether oxygens (including phenoxy) is 1. The molecule has 0 bridgehead atoms. The van der Waals surface area contributed by atoms with Gasteiger partial charge < -0.3 is 14.5 Å². The molecule has 0 aromatic heterocycles. The summed E-state index contributed by atoms with van der Waals surface area (Å²) < 4.78 is 5.41. The van der Waals surface area contributed by atoms with Crippen LogP contribution >= 0.6 is 0 Å². The fourth-order valence-corrected chi connectivity index (χ4v) is 1.52. The lowest BCUT2D eigenvalue weighted by atomic mass is 10.1. The van der Waals surface area contributed by atoms with Crippen LogP contribution in [0.5, 0.6) is 0 Å². The molecule has 1 heterocycles. The van der Waals surface area contributed by atoms with Gasteiger partial charge in [0.05, 0.1) is 19.1 Å². The monoisotopic (exact) mass is 243 g/mol. The van der Waals surface area contributed by atoms with Gasteiger partial charge in [0.2, 0.25) is 5.91 Å². The molecule has 1 rings (SSSR count). The summed E-state index contributed by atoms with van der Waals surface area (Å²) in [5.41, 5.74) is 0. The van der Waals surface area contributed by atoms with Gasteiger partial charge in [0.1, 0.15) is 0 Å². The van der Waals surface area contributed by atoms with Gasteiger partial charge in [-0.1, -0.05) is 6.92 Å². The topological polar surface area (TPSA) is 61.9 Å². The minimum absolute atomic E-state index is 0.144. The van der Waals surface area contributed by atoms with Gasteiger partial charge in [0.25, 0.3) is 0 Å². The van der Waals surface area contributed by atoms with E-state index in [0.29, 0.717) is 26.3 Å². The fraction of sp³-hybridized carbons (Fsp3) is 0.818. The van der Waals surface area contributed by atoms with Crippen molar-refractivity contribution in [2.75, 3.05) is 46.9 Å². The number of nitrogens with zero attached hydrogens (tertiary/aromatic N) is 2. The third-order valence-electron chi connectivity index (χ3n) is 2.65. The number of carbonyl (C=O) groups is 2. The molecule has 1 saturated heterocycles. The lowest BCUT2D eigenvalue weighted by Crippen LogP contribution is -2.54. The number of hydrogen-bond donors (Lipinski definition) is 1. The highest BCUT2D eigenvalue weighted by atomic mass is 16.5. The minimum atomic E-state index is -0.315. The molecule has 0 spiro atoms. The van der Waals surface area contributed by atoms with Gasteiger partial charge in [0.15, 0.2) is 0 Å². The average Bonchev–Trinajstić information content (AvgIpc) is 2.24. The van der Waals surface area contributed by atoms with E-state index in [4.69, 9.17) is 4.74 Å². The molecule has 0 aromatic carbocycles. The Hall–Kier alpha value is -1.14. The van der Waals surface area contributed by atoms with Crippen LogP contribution in [0.15, 0.2) is 0 Å². The highest BCUT2D eigenvalue weighted by Gasteiger charge is 2.28. The first-order chi connectivity index (χ1) is 8.00. The second kappa shape index (κ2) is 6.56. The third-order valence-corrected chi connectivity index (χ3v) is 2.65. The molecule has 1 atom stereocenters. The molecule has 0 radical (unpaired) electrons. The van der Waals surface area contributed by atoms with Crippen LogP contribution in [0.2, 0.25) is 0 Å². The van der Waals surface area contributed by atoms with Gasteiger partial charge in [-0.3, -0.25) is 10.1 Å². The summed E-state index contributed by atoms with van der Waals surface area (Å²) in [6.45, 7) is 4.82. The summed E-state index contributed by atoms with van der Waals surface area (Å²) in [5.74, 6) is -0.339. The SMILES string of the molecule is CC1CN(CCOCCN(C)C)C(=O)NC1=O. The minimum Gasteiger partial charge on any atom is -0.378 e. The van der Waals surface area contributed by atoms with Crippen molar-refractivity contribution < 1.29 is 14.3 Å². The van der Waals surface area contributed by atoms with Crippen LogP contribution in [-0.4, -0.2) is 68.7 Å². The first kappa shape index (κ1) is 13.9. The maximum Gasteiger partial charge on any atom is 0.324 e. The van der Waals surface area contributed by atoms with E-state index >= 15 is 0 Å². The summed E-state index contributed by atoms with van der Waals surface area (Å²) in [7, 11) is 3.96. The Labute approximate surface area is 102 Å². The summed E-state index contributed by atoms with van der Waals surface area (Å²) >= 11 is 0. The van der Waals surface area contributed by atoms with Gasteiger partial charge >= 0.3 is 6.03 Å². The molecule has 17 heavy (non-hydrogen) atoms. The molecule has 0 saturated carbocycles. The molecule has 6 nitrogen and oxygen atoms in total. The first-order valence-corrected chi connectivity index (χ1v) is 5.83. The zero-order valence-electron chi connectivity index (χ0n) is 10.7. The van der Waals surface area contributed by atoms with E-state index in [0.717, 1.165) is 6.54 Å². The standard InChI is InChI=1S/C11H21N3O3/c1-9-8-14(11(16)12-10(9)15)5-7-17-6-4-13(2)3/h9H,4-8H2,1-3H3,(H,12,15,16). The van der Waals surface area contributed by atoms with Gasteiger partial charge in [-0.15, -0.1) is 0 Å². The molecule has 1 fully saturated rings. The quantitative estimate of drug-likeness (QED) is 0.654. The van der Waals surface area contributed by atoms with Gasteiger partial charge in [-0.05, 0) is 14.1 Å². The molecule has 6 heteroatoms. The number of imide groups is 1. The van der Waals surface area contributed by atoms with Crippen LogP contribution in [0.25, 0.3) is 0 Å². The highest BCUT2D eigenvalue weighted by Crippen LogP contribution is 2.06. The lowest BCUT2D eigenvalue weighted by molar-refractivity contribution is -0.125. The van der Waals surface area contributed by atoms with E-state index < -0.39 is 0 Å². The molecular weight excluding hydrogens is 222 g/mol.